The zero-order chi connectivity index (χ0) is 16.0. The van der Waals surface area contributed by atoms with Gasteiger partial charge in [-0.05, 0) is 24.6 Å². The lowest BCUT2D eigenvalue weighted by molar-refractivity contribution is 0.103. The maximum atomic E-state index is 12.5. The lowest BCUT2D eigenvalue weighted by atomic mass is 10.2. The smallest absolute Gasteiger partial charge is 0.267 e. The molecule has 0 saturated heterocycles. The van der Waals surface area contributed by atoms with Crippen molar-refractivity contribution in [1.29, 1.82) is 0 Å². The highest BCUT2D eigenvalue weighted by Gasteiger charge is 2.19. The average molecular weight is 342 g/mol. The van der Waals surface area contributed by atoms with Gasteiger partial charge in [0.05, 0.1) is 26.8 Å². The van der Waals surface area contributed by atoms with Crippen molar-refractivity contribution in [3.63, 3.8) is 0 Å². The molecule has 0 fully saturated rings. The van der Waals surface area contributed by atoms with Crippen LogP contribution in [-0.4, -0.2) is 20.9 Å². The van der Waals surface area contributed by atoms with Gasteiger partial charge in [0.25, 0.3) is 11.5 Å². The normalized spacial score (nSPS) is 11.2. The highest BCUT2D eigenvalue weighted by Crippen LogP contribution is 2.29. The number of aromatic amines is 1. The average Bonchev–Trinajstić information content (AvgIpc) is 3.08. The molecule has 3 heterocycles. The minimum atomic E-state index is -0.274. The Hall–Kier alpha value is -2.58. The summed E-state index contributed by atoms with van der Waals surface area (Å²) in [7, 11) is 0. The van der Waals surface area contributed by atoms with E-state index in [1.54, 1.807) is 6.92 Å². The van der Waals surface area contributed by atoms with Gasteiger partial charge in [0, 0.05) is 0 Å². The molecule has 6 nitrogen and oxygen atoms in total. The number of fused-ring (bicyclic) bond motifs is 2. The number of aryl methyl sites for hydroxylation is 1. The van der Waals surface area contributed by atoms with Crippen LogP contribution in [0.15, 0.2) is 35.4 Å². The van der Waals surface area contributed by atoms with Crippen LogP contribution in [0.3, 0.4) is 0 Å². The first-order chi connectivity index (χ1) is 11.1. The van der Waals surface area contributed by atoms with Gasteiger partial charge in [-0.25, -0.2) is 9.97 Å². The largest absolute Gasteiger partial charge is 0.313 e. The van der Waals surface area contributed by atoms with Crippen molar-refractivity contribution < 1.29 is 4.79 Å². The Balaban J connectivity index is 1.73. The zero-order valence-corrected chi connectivity index (χ0v) is 13.5. The van der Waals surface area contributed by atoms with Crippen LogP contribution in [0.25, 0.3) is 20.4 Å². The highest BCUT2D eigenvalue weighted by molar-refractivity contribution is 7.23. The molecule has 1 aromatic carbocycles. The summed E-state index contributed by atoms with van der Waals surface area (Å²) in [6, 6.07) is 7.69. The molecule has 23 heavy (non-hydrogen) atoms. The van der Waals surface area contributed by atoms with E-state index in [0.29, 0.717) is 25.8 Å². The lowest BCUT2D eigenvalue weighted by Crippen LogP contribution is -2.12. The third kappa shape index (κ3) is 2.32. The van der Waals surface area contributed by atoms with E-state index >= 15 is 0 Å². The zero-order valence-electron chi connectivity index (χ0n) is 11.9. The van der Waals surface area contributed by atoms with Crippen molar-refractivity contribution in [2.24, 2.45) is 0 Å². The van der Waals surface area contributed by atoms with Crippen molar-refractivity contribution in [2.75, 3.05) is 5.32 Å². The number of nitrogens with zero attached hydrogens (tertiary/aromatic N) is 2. The molecular weight excluding hydrogens is 332 g/mol. The van der Waals surface area contributed by atoms with Gasteiger partial charge in [-0.2, -0.15) is 0 Å². The molecule has 0 aliphatic heterocycles. The highest BCUT2D eigenvalue weighted by atomic mass is 32.1. The molecule has 0 saturated carbocycles. The minimum absolute atomic E-state index is 0.234. The number of thiazole rings is 1. The molecule has 0 atom stereocenters. The van der Waals surface area contributed by atoms with Gasteiger partial charge in [0.15, 0.2) is 5.13 Å². The van der Waals surface area contributed by atoms with Gasteiger partial charge < -0.3 is 4.98 Å². The topological polar surface area (TPSA) is 87.7 Å². The third-order valence-corrected chi connectivity index (χ3v) is 5.60. The monoisotopic (exact) mass is 342 g/mol. The third-order valence-electron chi connectivity index (χ3n) is 3.45. The van der Waals surface area contributed by atoms with Crippen molar-refractivity contribution in [1.82, 2.24) is 15.0 Å². The van der Waals surface area contributed by atoms with Crippen molar-refractivity contribution in [3.8, 4) is 0 Å². The van der Waals surface area contributed by atoms with Gasteiger partial charge in [-0.3, -0.25) is 14.9 Å². The lowest BCUT2D eigenvalue weighted by Gasteiger charge is -1.99. The predicted octanol–water partition coefficient (Wildman–Crippen LogP) is 3.16. The first-order valence-corrected chi connectivity index (χ1v) is 8.40. The van der Waals surface area contributed by atoms with Crippen molar-refractivity contribution >= 4 is 54.1 Å². The van der Waals surface area contributed by atoms with Crippen LogP contribution in [0.5, 0.6) is 0 Å². The predicted molar refractivity (Wildman–Crippen MR) is 92.6 cm³/mol. The number of nitrogens with one attached hydrogen (secondary N) is 2. The first kappa shape index (κ1) is 14.0. The number of carbonyl (C=O) groups is 1. The number of hydrogen-bond acceptors (Lipinski definition) is 6. The van der Waals surface area contributed by atoms with Gasteiger partial charge in [-0.1, -0.05) is 23.5 Å². The van der Waals surface area contributed by atoms with Gasteiger partial charge in [-0.15, -0.1) is 11.3 Å². The molecule has 4 rings (SSSR count). The number of thiophene rings is 1. The molecule has 114 valence electrons. The number of H-pyrrole nitrogens is 1. The Morgan fingerprint density at radius 2 is 2.09 bits per heavy atom. The number of aromatic nitrogens is 3. The van der Waals surface area contributed by atoms with Crippen LogP contribution in [0.4, 0.5) is 5.13 Å². The van der Waals surface area contributed by atoms with Crippen LogP contribution < -0.4 is 10.9 Å². The molecule has 3 aromatic heterocycles. The van der Waals surface area contributed by atoms with E-state index < -0.39 is 0 Å². The van der Waals surface area contributed by atoms with Crippen LogP contribution in [0.1, 0.15) is 15.2 Å². The fourth-order valence-corrected chi connectivity index (χ4v) is 4.28. The van der Waals surface area contributed by atoms with Crippen LogP contribution in [0.2, 0.25) is 0 Å². The maximum Gasteiger partial charge on any atom is 0.267 e. The summed E-state index contributed by atoms with van der Waals surface area (Å²) < 4.78 is 1.01. The van der Waals surface area contributed by atoms with Crippen molar-refractivity contribution in [2.45, 2.75) is 6.92 Å². The summed E-state index contributed by atoms with van der Waals surface area (Å²) in [6.45, 7) is 1.75. The fraction of sp³-hybridized carbons (Fsp3) is 0.0667. The second-order valence-electron chi connectivity index (χ2n) is 4.91. The number of para-hydroxylation sites is 1. The van der Waals surface area contributed by atoms with Gasteiger partial charge in [0.2, 0.25) is 0 Å². The molecule has 0 unspecified atom stereocenters. The molecule has 0 aliphatic rings. The Kier molecular flexibility index (Phi) is 3.21. The fourth-order valence-electron chi connectivity index (χ4n) is 2.37. The number of benzene rings is 1. The Labute approximate surface area is 137 Å². The molecule has 8 heteroatoms. The summed E-state index contributed by atoms with van der Waals surface area (Å²) in [5, 5.41) is 3.81. The van der Waals surface area contributed by atoms with E-state index in [9.17, 15) is 9.59 Å². The summed E-state index contributed by atoms with van der Waals surface area (Å²) in [6.07, 6.45) is 1.34. The van der Waals surface area contributed by atoms with E-state index in [1.165, 1.54) is 29.0 Å². The van der Waals surface area contributed by atoms with Gasteiger partial charge in [0.1, 0.15) is 4.83 Å². The second kappa shape index (κ2) is 5.25. The van der Waals surface area contributed by atoms with Crippen LogP contribution >= 0.6 is 22.7 Å². The van der Waals surface area contributed by atoms with Crippen LogP contribution in [-0.2, 0) is 0 Å². The minimum Gasteiger partial charge on any atom is -0.313 e. The first-order valence-electron chi connectivity index (χ1n) is 6.77. The van der Waals surface area contributed by atoms with Crippen LogP contribution in [0, 0.1) is 6.92 Å². The molecule has 1 amide bonds. The second-order valence-corrected chi connectivity index (χ2v) is 6.94. The molecule has 4 aromatic rings. The number of amides is 1. The SMILES string of the molecule is Cc1c(C(=O)Nc2nc3ccccc3s2)sc2nc[nH]c(=O)c12. The van der Waals surface area contributed by atoms with E-state index in [4.69, 9.17) is 0 Å². The summed E-state index contributed by atoms with van der Waals surface area (Å²) in [4.78, 5) is 36.5. The molecule has 2 N–H and O–H groups in total. The molecule has 0 radical (unpaired) electrons. The summed E-state index contributed by atoms with van der Waals surface area (Å²) >= 11 is 2.62. The molecular formula is C15H10N4O2S2. The molecule has 0 bridgehead atoms. The standard InChI is InChI=1S/C15H10N4O2S2/c1-7-10-12(20)16-6-17-14(10)23-11(7)13(21)19-15-18-8-4-2-3-5-9(8)22-15/h2-6H,1H3,(H,16,17,20)(H,18,19,21). The molecule has 0 aliphatic carbocycles. The number of carbonyl (C=O) groups excluding carboxylic acids is 1. The van der Waals surface area contributed by atoms with E-state index in [2.05, 4.69) is 20.3 Å². The Morgan fingerprint density at radius 3 is 2.87 bits per heavy atom. The number of anilines is 1. The summed E-state index contributed by atoms with van der Waals surface area (Å²) in [5.74, 6) is -0.274. The number of rotatable bonds is 2. The summed E-state index contributed by atoms with van der Waals surface area (Å²) in [5.41, 5.74) is 1.25. The van der Waals surface area contributed by atoms with Gasteiger partial charge >= 0.3 is 0 Å². The quantitative estimate of drug-likeness (QED) is 0.586. The van der Waals surface area contributed by atoms with E-state index in [-0.39, 0.29) is 11.5 Å². The van der Waals surface area contributed by atoms with E-state index in [0.717, 1.165) is 10.2 Å². The maximum absolute atomic E-state index is 12.5. The Morgan fingerprint density at radius 1 is 1.26 bits per heavy atom. The Bertz CT molecular complexity index is 1080. The van der Waals surface area contributed by atoms with E-state index in [1.807, 2.05) is 24.3 Å². The van der Waals surface area contributed by atoms with Crippen molar-refractivity contribution in [3.05, 3.63) is 51.4 Å². The molecule has 0 spiro atoms. The number of hydrogen-bond donors (Lipinski definition) is 2.